The van der Waals surface area contributed by atoms with Crippen molar-refractivity contribution in [3.05, 3.63) is 42.7 Å². The Kier molecular flexibility index (Phi) is 5.37. The summed E-state index contributed by atoms with van der Waals surface area (Å²) in [6, 6.07) is 4.02. The minimum absolute atomic E-state index is 0.0125. The van der Waals surface area contributed by atoms with E-state index >= 15 is 0 Å². The smallest absolute Gasteiger partial charge is 0.295 e. The number of ether oxygens (including phenoxy) is 2. The Bertz CT molecular complexity index is 910. The first-order chi connectivity index (χ1) is 12.7. The van der Waals surface area contributed by atoms with E-state index in [1.165, 1.54) is 30.7 Å². The SMILES string of the molecule is O=S(=O)(O)C1O[C@@H](Oc2cncc(-c3ccc(F)nc3)c2)[C@H](O)[C@@H](O)[C@@H]1O. The zero-order valence-corrected chi connectivity index (χ0v) is 14.3. The van der Waals surface area contributed by atoms with Crippen molar-refractivity contribution in [1.29, 1.82) is 0 Å². The lowest BCUT2D eigenvalue weighted by Crippen LogP contribution is -2.61. The van der Waals surface area contributed by atoms with E-state index in [1.54, 1.807) is 0 Å². The van der Waals surface area contributed by atoms with E-state index in [0.29, 0.717) is 11.1 Å². The third-order valence-electron chi connectivity index (χ3n) is 3.85. The lowest BCUT2D eigenvalue weighted by atomic mass is 10.1. The summed E-state index contributed by atoms with van der Waals surface area (Å²) in [5.41, 5.74) is -1.23. The number of nitrogens with zero attached hydrogens (tertiary/aromatic N) is 2. The van der Waals surface area contributed by atoms with Crippen molar-refractivity contribution in [2.24, 2.45) is 0 Å². The molecule has 0 radical (unpaired) electrons. The molecule has 4 N–H and O–H groups in total. The molecule has 0 spiro atoms. The molecule has 0 aliphatic carbocycles. The van der Waals surface area contributed by atoms with Crippen LogP contribution in [0.25, 0.3) is 11.1 Å². The molecule has 0 amide bonds. The van der Waals surface area contributed by atoms with Gasteiger partial charge in [-0.3, -0.25) is 9.54 Å². The second-order valence-electron chi connectivity index (χ2n) is 5.76. The molecule has 1 aliphatic rings. The molecule has 0 bridgehead atoms. The summed E-state index contributed by atoms with van der Waals surface area (Å²) in [7, 11) is -4.89. The zero-order chi connectivity index (χ0) is 19.8. The molecule has 1 aliphatic heterocycles. The maximum atomic E-state index is 12.9. The highest BCUT2D eigenvalue weighted by Gasteiger charge is 2.50. The average molecular weight is 402 g/mol. The van der Waals surface area contributed by atoms with Crippen molar-refractivity contribution >= 4 is 10.1 Å². The van der Waals surface area contributed by atoms with Crippen LogP contribution in [0, 0.1) is 5.95 Å². The predicted molar refractivity (Wildman–Crippen MR) is 86.3 cm³/mol. The summed E-state index contributed by atoms with van der Waals surface area (Å²) in [5, 5.41) is 29.4. The van der Waals surface area contributed by atoms with Gasteiger partial charge in [-0.05, 0) is 18.2 Å². The number of halogens is 1. The summed E-state index contributed by atoms with van der Waals surface area (Å²) < 4.78 is 54.8. The topological polar surface area (TPSA) is 159 Å². The summed E-state index contributed by atoms with van der Waals surface area (Å²) in [6.45, 7) is 0. The molecule has 1 unspecified atom stereocenters. The van der Waals surface area contributed by atoms with Gasteiger partial charge in [0.05, 0.1) is 6.20 Å². The summed E-state index contributed by atoms with van der Waals surface area (Å²) >= 11 is 0. The molecular formula is C15H15FN2O8S. The van der Waals surface area contributed by atoms with Gasteiger partial charge in [0.15, 0.2) is 0 Å². The van der Waals surface area contributed by atoms with Gasteiger partial charge in [-0.15, -0.1) is 0 Å². The number of rotatable bonds is 4. The quantitative estimate of drug-likeness (QED) is 0.381. The Hall–Kier alpha value is -2.22. The average Bonchev–Trinajstić information content (AvgIpc) is 2.62. The fourth-order valence-corrected chi connectivity index (χ4v) is 3.25. The van der Waals surface area contributed by atoms with Gasteiger partial charge >= 0.3 is 0 Å². The van der Waals surface area contributed by atoms with Crippen LogP contribution in [0.5, 0.6) is 5.75 Å². The van der Waals surface area contributed by atoms with Gasteiger partial charge in [0.2, 0.25) is 17.7 Å². The first kappa shape index (κ1) is 19.5. The Labute approximate surface area is 152 Å². The van der Waals surface area contributed by atoms with Gasteiger partial charge in [0.1, 0.15) is 24.1 Å². The molecule has 0 saturated carbocycles. The monoisotopic (exact) mass is 402 g/mol. The van der Waals surface area contributed by atoms with Gasteiger partial charge in [-0.25, -0.2) is 4.98 Å². The van der Waals surface area contributed by atoms with E-state index in [2.05, 4.69) is 9.97 Å². The minimum Gasteiger partial charge on any atom is -0.460 e. The number of hydrogen-bond donors (Lipinski definition) is 4. The Morgan fingerprint density at radius 3 is 2.41 bits per heavy atom. The van der Waals surface area contributed by atoms with Gasteiger partial charge in [0.25, 0.3) is 10.1 Å². The third-order valence-corrected chi connectivity index (χ3v) is 4.82. The fourth-order valence-electron chi connectivity index (χ4n) is 2.48. The molecule has 2 aromatic rings. The van der Waals surface area contributed by atoms with E-state index in [1.807, 2.05) is 0 Å². The largest absolute Gasteiger partial charge is 0.460 e. The molecule has 10 nitrogen and oxygen atoms in total. The first-order valence-electron chi connectivity index (χ1n) is 7.56. The molecule has 5 atom stereocenters. The number of aliphatic hydroxyl groups excluding tert-OH is 3. The van der Waals surface area contributed by atoms with Crippen LogP contribution in [-0.4, -0.2) is 68.3 Å². The first-order valence-corrected chi connectivity index (χ1v) is 9.07. The standard InChI is InChI=1S/C15H15FN2O8S/c16-10-2-1-7(5-18-10)8-3-9(6-17-4-8)25-14-12(20)11(19)13(21)15(26-14)27(22,23)24/h1-6,11-15,19-21H,(H,22,23,24)/t11-,12-,13+,14-,15?/m1/s1. The molecule has 3 rings (SSSR count). The molecule has 2 aromatic heterocycles. The Morgan fingerprint density at radius 2 is 1.78 bits per heavy atom. The van der Waals surface area contributed by atoms with E-state index in [4.69, 9.17) is 14.0 Å². The Balaban J connectivity index is 1.83. The van der Waals surface area contributed by atoms with Gasteiger partial charge in [0, 0.05) is 23.5 Å². The Morgan fingerprint density at radius 1 is 1.04 bits per heavy atom. The molecular weight excluding hydrogens is 387 g/mol. The molecule has 27 heavy (non-hydrogen) atoms. The molecule has 146 valence electrons. The van der Waals surface area contributed by atoms with Gasteiger partial charge < -0.3 is 24.8 Å². The number of hydrogen-bond acceptors (Lipinski definition) is 9. The third kappa shape index (κ3) is 4.21. The zero-order valence-electron chi connectivity index (χ0n) is 13.5. The van der Waals surface area contributed by atoms with E-state index in [-0.39, 0.29) is 5.75 Å². The minimum atomic E-state index is -4.89. The van der Waals surface area contributed by atoms with Crippen LogP contribution < -0.4 is 4.74 Å². The van der Waals surface area contributed by atoms with Crippen molar-refractivity contribution < 1.29 is 42.2 Å². The highest BCUT2D eigenvalue weighted by atomic mass is 32.2. The number of aliphatic hydroxyl groups is 3. The highest BCUT2D eigenvalue weighted by molar-refractivity contribution is 7.86. The maximum Gasteiger partial charge on any atom is 0.295 e. The van der Waals surface area contributed by atoms with Crippen LogP contribution in [0.3, 0.4) is 0 Å². The lowest BCUT2D eigenvalue weighted by molar-refractivity contribution is -0.254. The lowest BCUT2D eigenvalue weighted by Gasteiger charge is -2.38. The fraction of sp³-hybridized carbons (Fsp3) is 0.333. The summed E-state index contributed by atoms with van der Waals surface area (Å²) in [5.74, 6) is -0.653. The van der Waals surface area contributed by atoms with Gasteiger partial charge in [-0.2, -0.15) is 12.8 Å². The van der Waals surface area contributed by atoms with E-state index < -0.39 is 46.1 Å². The molecule has 1 saturated heterocycles. The van der Waals surface area contributed by atoms with Crippen molar-refractivity contribution in [3.8, 4) is 16.9 Å². The normalized spacial score (nSPS) is 28.7. The second kappa shape index (κ2) is 7.42. The van der Waals surface area contributed by atoms with Crippen LogP contribution >= 0.6 is 0 Å². The number of pyridine rings is 2. The van der Waals surface area contributed by atoms with Crippen LogP contribution in [0.2, 0.25) is 0 Å². The van der Waals surface area contributed by atoms with Crippen molar-refractivity contribution in [3.63, 3.8) is 0 Å². The second-order valence-corrected chi connectivity index (χ2v) is 7.25. The number of aromatic nitrogens is 2. The maximum absolute atomic E-state index is 12.9. The summed E-state index contributed by atoms with van der Waals surface area (Å²) in [6.07, 6.45) is -3.66. The molecule has 3 heterocycles. The van der Waals surface area contributed by atoms with Crippen molar-refractivity contribution in [2.45, 2.75) is 30.0 Å². The predicted octanol–water partition coefficient (Wildman–Crippen LogP) is -0.686. The summed E-state index contributed by atoms with van der Waals surface area (Å²) in [4.78, 5) is 7.43. The van der Waals surface area contributed by atoms with Crippen molar-refractivity contribution in [1.82, 2.24) is 9.97 Å². The van der Waals surface area contributed by atoms with E-state index in [9.17, 15) is 28.1 Å². The molecule has 1 fully saturated rings. The van der Waals surface area contributed by atoms with Crippen molar-refractivity contribution in [2.75, 3.05) is 0 Å². The van der Waals surface area contributed by atoms with Crippen LogP contribution in [0.4, 0.5) is 4.39 Å². The van der Waals surface area contributed by atoms with E-state index in [0.717, 1.165) is 6.07 Å². The van der Waals surface area contributed by atoms with Crippen LogP contribution in [0.1, 0.15) is 0 Å². The highest BCUT2D eigenvalue weighted by Crippen LogP contribution is 2.28. The van der Waals surface area contributed by atoms with Crippen LogP contribution in [-0.2, 0) is 14.9 Å². The molecule has 12 heteroatoms. The van der Waals surface area contributed by atoms with Crippen LogP contribution in [0.15, 0.2) is 36.8 Å². The van der Waals surface area contributed by atoms with Gasteiger partial charge in [-0.1, -0.05) is 0 Å². The molecule has 0 aromatic carbocycles.